The van der Waals surface area contributed by atoms with Crippen LogP contribution in [0.3, 0.4) is 0 Å². The first-order chi connectivity index (χ1) is 16.5. The quantitative estimate of drug-likeness (QED) is 0.453. The summed E-state index contributed by atoms with van der Waals surface area (Å²) in [4.78, 5) is 29.1. The minimum Gasteiger partial charge on any atom is -0.493 e. The number of fused-ring (bicyclic) bond motifs is 2. The second-order valence-corrected chi connectivity index (χ2v) is 8.90. The number of likely N-dealkylation sites (N-methyl/N-ethyl adjacent to an activating group) is 1. The van der Waals surface area contributed by atoms with Gasteiger partial charge in [0.2, 0.25) is 5.91 Å². The van der Waals surface area contributed by atoms with Crippen molar-refractivity contribution in [2.24, 2.45) is 0 Å². The first kappa shape index (κ1) is 22.1. The van der Waals surface area contributed by atoms with E-state index in [0.717, 1.165) is 59.9 Å². The summed E-state index contributed by atoms with van der Waals surface area (Å²) in [5, 5.41) is 7.00. The van der Waals surface area contributed by atoms with Gasteiger partial charge in [0, 0.05) is 50.6 Å². The van der Waals surface area contributed by atoms with E-state index in [2.05, 4.69) is 56.2 Å². The van der Waals surface area contributed by atoms with Crippen LogP contribution in [0.15, 0.2) is 30.7 Å². The second-order valence-electron chi connectivity index (χ2n) is 8.90. The highest BCUT2D eigenvalue weighted by atomic mass is 16.5. The first-order valence-corrected chi connectivity index (χ1v) is 11.6. The third-order valence-corrected chi connectivity index (χ3v) is 6.43. The monoisotopic (exact) mass is 462 g/mol. The molecule has 1 aliphatic rings. The third-order valence-electron chi connectivity index (χ3n) is 6.43. The van der Waals surface area contributed by atoms with Crippen LogP contribution in [-0.2, 0) is 4.79 Å². The van der Waals surface area contributed by atoms with E-state index in [1.54, 1.807) is 18.7 Å². The Bertz CT molecular complexity index is 1330. The van der Waals surface area contributed by atoms with Gasteiger partial charge in [0.1, 0.15) is 12.1 Å². The van der Waals surface area contributed by atoms with Crippen molar-refractivity contribution in [3.05, 3.63) is 36.3 Å². The smallest absolute Gasteiger partial charge is 0.233 e. The number of rotatable bonds is 6. The van der Waals surface area contributed by atoms with E-state index in [-0.39, 0.29) is 11.8 Å². The standard InChI is InChI=1S/C24H30N8O2/c1-15(2)21-22(16-11-18(34-4)24-26-14-27-32(24)12-16)28-17-5-6-19(29-23(17)21)31-9-7-30(8-10-31)13-20(33)25-3/h5-6,11-12,14-15,28H,7-10,13H2,1-4H3,(H,25,33). The molecule has 1 aliphatic heterocycles. The highest BCUT2D eigenvalue weighted by molar-refractivity contribution is 5.90. The zero-order valence-electron chi connectivity index (χ0n) is 20.0. The Hall–Kier alpha value is -3.66. The van der Waals surface area contributed by atoms with Crippen molar-refractivity contribution >= 4 is 28.4 Å². The predicted molar refractivity (Wildman–Crippen MR) is 131 cm³/mol. The lowest BCUT2D eigenvalue weighted by molar-refractivity contribution is -0.121. The van der Waals surface area contributed by atoms with Gasteiger partial charge in [-0.25, -0.2) is 14.5 Å². The van der Waals surface area contributed by atoms with Gasteiger partial charge in [0.05, 0.1) is 30.4 Å². The largest absolute Gasteiger partial charge is 0.493 e. The van der Waals surface area contributed by atoms with Crippen LogP contribution in [0.5, 0.6) is 5.75 Å². The van der Waals surface area contributed by atoms with Gasteiger partial charge in [-0.3, -0.25) is 9.69 Å². The Morgan fingerprint density at radius 3 is 2.74 bits per heavy atom. The number of ether oxygens (including phenoxy) is 1. The maximum atomic E-state index is 11.7. The summed E-state index contributed by atoms with van der Waals surface area (Å²) in [6, 6.07) is 6.17. The van der Waals surface area contributed by atoms with Gasteiger partial charge in [-0.1, -0.05) is 13.8 Å². The number of aromatic amines is 1. The van der Waals surface area contributed by atoms with E-state index in [4.69, 9.17) is 9.72 Å². The van der Waals surface area contributed by atoms with Crippen molar-refractivity contribution in [3.8, 4) is 17.0 Å². The molecule has 1 fully saturated rings. The second kappa shape index (κ2) is 8.94. The number of nitrogens with one attached hydrogen (secondary N) is 2. The molecule has 0 unspecified atom stereocenters. The molecular formula is C24H30N8O2. The first-order valence-electron chi connectivity index (χ1n) is 11.6. The molecular weight excluding hydrogens is 432 g/mol. The van der Waals surface area contributed by atoms with Crippen LogP contribution in [0, 0.1) is 0 Å². The lowest BCUT2D eigenvalue weighted by atomic mass is 9.99. The van der Waals surface area contributed by atoms with Crippen LogP contribution in [0.1, 0.15) is 25.3 Å². The summed E-state index contributed by atoms with van der Waals surface area (Å²) < 4.78 is 7.31. The fourth-order valence-corrected chi connectivity index (χ4v) is 4.64. The van der Waals surface area contributed by atoms with Gasteiger partial charge in [0.15, 0.2) is 11.4 Å². The third kappa shape index (κ3) is 3.94. The number of carbonyl (C=O) groups excluding carboxylic acids is 1. The van der Waals surface area contributed by atoms with Gasteiger partial charge in [0.25, 0.3) is 0 Å². The summed E-state index contributed by atoms with van der Waals surface area (Å²) >= 11 is 0. The van der Waals surface area contributed by atoms with Gasteiger partial charge in [-0.2, -0.15) is 5.10 Å². The number of anilines is 1. The molecule has 2 N–H and O–H groups in total. The molecule has 0 radical (unpaired) electrons. The van der Waals surface area contributed by atoms with Crippen LogP contribution < -0.4 is 15.0 Å². The number of carbonyl (C=O) groups is 1. The van der Waals surface area contributed by atoms with Crippen LogP contribution in [0.25, 0.3) is 27.9 Å². The predicted octanol–water partition coefficient (Wildman–Crippen LogP) is 2.27. The van der Waals surface area contributed by atoms with E-state index in [0.29, 0.717) is 17.9 Å². The van der Waals surface area contributed by atoms with Crippen LogP contribution in [0.4, 0.5) is 5.82 Å². The molecule has 5 rings (SSSR count). The topological polar surface area (TPSA) is 104 Å². The van der Waals surface area contributed by atoms with Crippen molar-refractivity contribution in [1.82, 2.24) is 34.8 Å². The van der Waals surface area contributed by atoms with Gasteiger partial charge >= 0.3 is 0 Å². The SMILES string of the molecule is CNC(=O)CN1CCN(c2ccc3[nH]c(-c4cc(OC)c5ncnn5c4)c(C(C)C)c3n2)CC1. The maximum absolute atomic E-state index is 11.7. The van der Waals surface area contributed by atoms with Crippen LogP contribution >= 0.6 is 0 Å². The van der Waals surface area contributed by atoms with E-state index < -0.39 is 0 Å². The van der Waals surface area contributed by atoms with Gasteiger partial charge in [-0.15, -0.1) is 0 Å². The molecule has 0 saturated carbocycles. The molecule has 0 atom stereocenters. The number of pyridine rings is 2. The zero-order valence-corrected chi connectivity index (χ0v) is 20.0. The number of hydrogen-bond acceptors (Lipinski definition) is 7. The fourth-order valence-electron chi connectivity index (χ4n) is 4.64. The molecule has 1 amide bonds. The van der Waals surface area contributed by atoms with E-state index in [1.165, 1.54) is 6.33 Å². The minimum atomic E-state index is 0.0510. The average Bonchev–Trinajstić information content (AvgIpc) is 3.48. The molecule has 0 aromatic carbocycles. The van der Waals surface area contributed by atoms with Gasteiger partial charge in [-0.05, 0) is 24.1 Å². The highest BCUT2D eigenvalue weighted by Crippen LogP contribution is 2.37. The number of piperazine rings is 1. The van der Waals surface area contributed by atoms with E-state index in [9.17, 15) is 4.79 Å². The molecule has 178 valence electrons. The molecule has 4 aromatic rings. The van der Waals surface area contributed by atoms with Crippen LogP contribution in [-0.4, -0.2) is 82.3 Å². The highest BCUT2D eigenvalue weighted by Gasteiger charge is 2.23. The molecule has 4 aromatic heterocycles. The van der Waals surface area contributed by atoms with E-state index >= 15 is 0 Å². The van der Waals surface area contributed by atoms with Crippen molar-refractivity contribution in [2.45, 2.75) is 19.8 Å². The number of nitrogens with zero attached hydrogens (tertiary/aromatic N) is 6. The minimum absolute atomic E-state index is 0.0510. The Morgan fingerprint density at radius 1 is 1.24 bits per heavy atom. The van der Waals surface area contributed by atoms with E-state index in [1.807, 2.05) is 12.3 Å². The average molecular weight is 463 g/mol. The molecule has 5 heterocycles. The molecule has 1 saturated heterocycles. The number of methoxy groups -OCH3 is 1. The summed E-state index contributed by atoms with van der Waals surface area (Å²) in [6.45, 7) is 8.15. The Kier molecular flexibility index (Phi) is 5.82. The fraction of sp³-hybridized carbons (Fsp3) is 0.417. The summed E-state index contributed by atoms with van der Waals surface area (Å²) in [7, 11) is 3.32. The van der Waals surface area contributed by atoms with Gasteiger partial charge < -0.3 is 19.9 Å². The lowest BCUT2D eigenvalue weighted by Gasteiger charge is -2.35. The summed E-state index contributed by atoms with van der Waals surface area (Å²) in [5.41, 5.74) is 5.81. The molecule has 10 heteroatoms. The van der Waals surface area contributed by atoms with Crippen LogP contribution in [0.2, 0.25) is 0 Å². The van der Waals surface area contributed by atoms with Crippen molar-refractivity contribution in [3.63, 3.8) is 0 Å². The molecule has 34 heavy (non-hydrogen) atoms. The normalized spacial score (nSPS) is 14.9. The zero-order chi connectivity index (χ0) is 23.8. The number of amides is 1. The molecule has 0 aliphatic carbocycles. The molecule has 10 nitrogen and oxygen atoms in total. The number of hydrogen-bond donors (Lipinski definition) is 2. The van der Waals surface area contributed by atoms with Crippen molar-refractivity contribution < 1.29 is 9.53 Å². The molecule has 0 spiro atoms. The summed E-state index contributed by atoms with van der Waals surface area (Å²) in [6.07, 6.45) is 3.49. The number of H-pyrrole nitrogens is 1. The maximum Gasteiger partial charge on any atom is 0.233 e. The number of aromatic nitrogens is 5. The Labute approximate surface area is 197 Å². The molecule has 0 bridgehead atoms. The lowest BCUT2D eigenvalue weighted by Crippen LogP contribution is -2.49. The Balaban J connectivity index is 1.49. The Morgan fingerprint density at radius 2 is 2.03 bits per heavy atom. The van der Waals surface area contributed by atoms with Crippen molar-refractivity contribution in [1.29, 1.82) is 0 Å². The summed E-state index contributed by atoms with van der Waals surface area (Å²) in [5.74, 6) is 1.94. The van der Waals surface area contributed by atoms with Crippen molar-refractivity contribution in [2.75, 3.05) is 51.8 Å².